The summed E-state index contributed by atoms with van der Waals surface area (Å²) in [5, 5.41) is 3.74. The predicted octanol–water partition coefficient (Wildman–Crippen LogP) is 1.48. The Bertz CT molecular complexity index is 266. The number of amides is 1. The molecular formula is C9H10NO2. The Kier molecular flexibility index (Phi) is 2.69. The van der Waals surface area contributed by atoms with Crippen molar-refractivity contribution in [3.05, 3.63) is 24.3 Å². The van der Waals surface area contributed by atoms with Crippen molar-refractivity contribution >= 4 is 11.6 Å². The van der Waals surface area contributed by atoms with Crippen LogP contribution in [0.5, 0.6) is 5.75 Å². The van der Waals surface area contributed by atoms with Gasteiger partial charge in [-0.25, -0.2) is 5.32 Å². The van der Waals surface area contributed by atoms with Crippen molar-refractivity contribution in [1.29, 1.82) is 0 Å². The van der Waals surface area contributed by atoms with Gasteiger partial charge in [-0.05, 0) is 24.3 Å². The van der Waals surface area contributed by atoms with Crippen molar-refractivity contribution in [3.63, 3.8) is 0 Å². The van der Waals surface area contributed by atoms with Gasteiger partial charge in [0.15, 0.2) is 0 Å². The molecule has 1 amide bonds. The summed E-state index contributed by atoms with van der Waals surface area (Å²) in [6, 6.07) is 7.00. The first kappa shape index (κ1) is 8.59. The van der Waals surface area contributed by atoms with Gasteiger partial charge in [-0.2, -0.15) is 0 Å². The molecule has 1 radical (unpaired) electrons. The molecule has 0 bridgehead atoms. The smallest absolute Gasteiger partial charge is 0.243 e. The average Bonchev–Trinajstić information content (AvgIpc) is 2.05. The molecule has 0 unspecified atom stereocenters. The number of nitrogens with zero attached hydrogens (tertiary/aromatic N) is 1. The second-order valence-electron chi connectivity index (χ2n) is 2.33. The van der Waals surface area contributed by atoms with Gasteiger partial charge in [0.1, 0.15) is 5.75 Å². The van der Waals surface area contributed by atoms with Gasteiger partial charge >= 0.3 is 0 Å². The average molecular weight is 164 g/mol. The molecule has 12 heavy (non-hydrogen) atoms. The van der Waals surface area contributed by atoms with Crippen molar-refractivity contribution in [2.24, 2.45) is 0 Å². The number of ether oxygens (including phenoxy) is 1. The summed E-state index contributed by atoms with van der Waals surface area (Å²) in [6.07, 6.45) is 0. The Hall–Kier alpha value is -1.51. The van der Waals surface area contributed by atoms with Crippen LogP contribution in [0, 0.1) is 0 Å². The highest BCUT2D eigenvalue weighted by Gasteiger charge is 1.97. The second kappa shape index (κ2) is 3.76. The first-order chi connectivity index (χ1) is 5.72. The van der Waals surface area contributed by atoms with Crippen LogP contribution in [-0.4, -0.2) is 13.0 Å². The lowest BCUT2D eigenvalue weighted by Crippen LogP contribution is -2.03. The summed E-state index contributed by atoms with van der Waals surface area (Å²) in [6.45, 7) is 1.42. The summed E-state index contributed by atoms with van der Waals surface area (Å²) in [5.74, 6) is 0.567. The van der Waals surface area contributed by atoms with E-state index in [1.807, 2.05) is 0 Å². The highest BCUT2D eigenvalue weighted by atomic mass is 16.5. The van der Waals surface area contributed by atoms with E-state index < -0.39 is 0 Å². The molecule has 0 heterocycles. The Labute approximate surface area is 71.4 Å². The number of methoxy groups -OCH3 is 1. The molecule has 0 N–H and O–H groups in total. The third-order valence-corrected chi connectivity index (χ3v) is 1.36. The Morgan fingerprint density at radius 1 is 1.33 bits per heavy atom. The summed E-state index contributed by atoms with van der Waals surface area (Å²) in [4.78, 5) is 10.6. The Morgan fingerprint density at radius 2 is 1.92 bits per heavy atom. The minimum absolute atomic E-state index is 0.194. The lowest BCUT2D eigenvalue weighted by atomic mass is 10.3. The Balaban J connectivity index is 2.71. The van der Waals surface area contributed by atoms with E-state index in [0.717, 1.165) is 5.75 Å². The SMILES string of the molecule is COc1ccc([N]C(C)=O)cc1. The van der Waals surface area contributed by atoms with Crippen LogP contribution < -0.4 is 10.1 Å². The molecule has 3 heteroatoms. The molecule has 0 aromatic heterocycles. The number of rotatable bonds is 2. The van der Waals surface area contributed by atoms with Gasteiger partial charge in [-0.15, -0.1) is 0 Å². The van der Waals surface area contributed by atoms with Gasteiger partial charge < -0.3 is 4.74 Å². The molecule has 0 aliphatic carbocycles. The molecule has 0 aliphatic heterocycles. The van der Waals surface area contributed by atoms with Crippen LogP contribution in [0.1, 0.15) is 6.92 Å². The van der Waals surface area contributed by atoms with E-state index in [1.54, 1.807) is 31.4 Å². The van der Waals surface area contributed by atoms with Gasteiger partial charge in [-0.1, -0.05) is 0 Å². The van der Waals surface area contributed by atoms with Crippen LogP contribution in [0.25, 0.3) is 0 Å². The molecule has 1 aromatic carbocycles. The van der Waals surface area contributed by atoms with Crippen LogP contribution in [-0.2, 0) is 4.79 Å². The summed E-state index contributed by atoms with van der Waals surface area (Å²) >= 11 is 0. The van der Waals surface area contributed by atoms with Crippen LogP contribution in [0.4, 0.5) is 5.69 Å². The third kappa shape index (κ3) is 2.27. The first-order valence-corrected chi connectivity index (χ1v) is 3.59. The summed E-state index contributed by atoms with van der Waals surface area (Å²) in [5.41, 5.74) is 0.656. The van der Waals surface area contributed by atoms with Gasteiger partial charge in [0.25, 0.3) is 0 Å². The minimum Gasteiger partial charge on any atom is -0.497 e. The Morgan fingerprint density at radius 3 is 2.33 bits per heavy atom. The molecule has 63 valence electrons. The molecule has 1 rings (SSSR count). The van der Waals surface area contributed by atoms with Crippen LogP contribution in [0.3, 0.4) is 0 Å². The molecule has 1 aromatic rings. The fourth-order valence-electron chi connectivity index (χ4n) is 0.839. The predicted molar refractivity (Wildman–Crippen MR) is 45.5 cm³/mol. The van der Waals surface area contributed by atoms with Crippen molar-refractivity contribution in [2.45, 2.75) is 6.92 Å². The van der Waals surface area contributed by atoms with E-state index in [1.165, 1.54) is 6.92 Å². The zero-order chi connectivity index (χ0) is 8.97. The topological polar surface area (TPSA) is 40.4 Å². The normalized spacial score (nSPS) is 9.17. The number of carbonyl (C=O) groups is 1. The number of hydrogen-bond donors (Lipinski definition) is 0. The fourth-order valence-corrected chi connectivity index (χ4v) is 0.839. The highest BCUT2D eigenvalue weighted by molar-refractivity contribution is 5.78. The van der Waals surface area contributed by atoms with Crippen molar-refractivity contribution in [2.75, 3.05) is 7.11 Å². The maximum absolute atomic E-state index is 10.6. The summed E-state index contributed by atoms with van der Waals surface area (Å²) in [7, 11) is 1.59. The first-order valence-electron chi connectivity index (χ1n) is 3.59. The number of carbonyl (C=O) groups excluding carboxylic acids is 1. The lowest BCUT2D eigenvalue weighted by Gasteiger charge is -2.00. The largest absolute Gasteiger partial charge is 0.497 e. The third-order valence-electron chi connectivity index (χ3n) is 1.36. The van der Waals surface area contributed by atoms with Crippen LogP contribution in [0.2, 0.25) is 0 Å². The van der Waals surface area contributed by atoms with Gasteiger partial charge in [0, 0.05) is 6.92 Å². The van der Waals surface area contributed by atoms with E-state index >= 15 is 0 Å². The monoisotopic (exact) mass is 164 g/mol. The van der Waals surface area contributed by atoms with Crippen LogP contribution >= 0.6 is 0 Å². The highest BCUT2D eigenvalue weighted by Crippen LogP contribution is 2.14. The van der Waals surface area contributed by atoms with Gasteiger partial charge in [-0.3, -0.25) is 4.79 Å². The van der Waals surface area contributed by atoms with E-state index in [4.69, 9.17) is 4.74 Å². The van der Waals surface area contributed by atoms with Gasteiger partial charge in [0.2, 0.25) is 5.91 Å². The number of benzene rings is 1. The number of hydrogen-bond acceptors (Lipinski definition) is 2. The standard InChI is InChI=1S/C9H10NO2/c1-7(11)10-8-3-5-9(12-2)6-4-8/h3-6H,1-2H3. The molecule has 0 spiro atoms. The van der Waals surface area contributed by atoms with Crippen molar-refractivity contribution in [1.82, 2.24) is 5.32 Å². The summed E-state index contributed by atoms with van der Waals surface area (Å²) < 4.78 is 4.95. The zero-order valence-electron chi connectivity index (χ0n) is 7.07. The van der Waals surface area contributed by atoms with Crippen LogP contribution in [0.15, 0.2) is 24.3 Å². The molecule has 3 nitrogen and oxygen atoms in total. The quantitative estimate of drug-likeness (QED) is 0.664. The molecule has 0 fully saturated rings. The van der Waals surface area contributed by atoms with E-state index in [2.05, 4.69) is 5.32 Å². The molecule has 0 saturated carbocycles. The minimum atomic E-state index is -0.194. The van der Waals surface area contributed by atoms with E-state index in [9.17, 15) is 4.79 Å². The second-order valence-corrected chi connectivity index (χ2v) is 2.33. The van der Waals surface area contributed by atoms with Gasteiger partial charge in [0.05, 0.1) is 12.8 Å². The van der Waals surface area contributed by atoms with E-state index in [0.29, 0.717) is 5.69 Å². The van der Waals surface area contributed by atoms with Crippen molar-refractivity contribution in [3.8, 4) is 5.75 Å². The fraction of sp³-hybridized carbons (Fsp3) is 0.222. The molecule has 0 atom stereocenters. The molecule has 0 saturated heterocycles. The maximum atomic E-state index is 10.6. The molecule has 0 aliphatic rings. The lowest BCUT2D eigenvalue weighted by molar-refractivity contribution is -0.118. The van der Waals surface area contributed by atoms with E-state index in [-0.39, 0.29) is 5.91 Å². The zero-order valence-corrected chi connectivity index (χ0v) is 7.07. The van der Waals surface area contributed by atoms with Crippen molar-refractivity contribution < 1.29 is 9.53 Å². The maximum Gasteiger partial charge on any atom is 0.243 e. The molecular weight excluding hydrogens is 154 g/mol.